The summed E-state index contributed by atoms with van der Waals surface area (Å²) in [6, 6.07) is 0. The number of anilines is 2. The van der Waals surface area contributed by atoms with E-state index in [0.29, 0.717) is 5.92 Å². The van der Waals surface area contributed by atoms with Gasteiger partial charge in [0.1, 0.15) is 22.4 Å². The maximum absolute atomic E-state index is 10.9. The van der Waals surface area contributed by atoms with Crippen molar-refractivity contribution in [1.82, 2.24) is 15.3 Å². The first-order valence-corrected chi connectivity index (χ1v) is 7.58. The third kappa shape index (κ3) is 3.59. The lowest BCUT2D eigenvalue weighted by atomic mass is 9.97. The minimum Gasteiger partial charge on any atom is -0.372 e. The Kier molecular flexibility index (Phi) is 5.17. The summed E-state index contributed by atoms with van der Waals surface area (Å²) in [5.74, 6) is 2.34. The minimum absolute atomic E-state index is 0.0460. The molecule has 1 amide bonds. The van der Waals surface area contributed by atoms with E-state index >= 15 is 0 Å². The molecule has 2 rings (SSSR count). The Morgan fingerprint density at radius 1 is 1.45 bits per heavy atom. The molecule has 1 fully saturated rings. The van der Waals surface area contributed by atoms with Gasteiger partial charge >= 0.3 is 0 Å². The van der Waals surface area contributed by atoms with Gasteiger partial charge in [-0.05, 0) is 34.7 Å². The van der Waals surface area contributed by atoms with Crippen molar-refractivity contribution in [3.05, 3.63) is 10.8 Å². The Labute approximate surface area is 127 Å². The van der Waals surface area contributed by atoms with Crippen molar-refractivity contribution in [2.75, 3.05) is 36.9 Å². The summed E-state index contributed by atoms with van der Waals surface area (Å²) in [4.78, 5) is 21.7. The fourth-order valence-electron chi connectivity index (χ4n) is 2.39. The van der Waals surface area contributed by atoms with Crippen LogP contribution in [0.25, 0.3) is 0 Å². The molecule has 1 aliphatic heterocycles. The molecule has 0 aliphatic carbocycles. The van der Waals surface area contributed by atoms with E-state index in [1.807, 2.05) is 7.05 Å². The van der Waals surface area contributed by atoms with E-state index in [-0.39, 0.29) is 5.91 Å². The van der Waals surface area contributed by atoms with Crippen LogP contribution < -0.4 is 15.5 Å². The maximum atomic E-state index is 10.9. The number of hydrogen-bond donors (Lipinski definition) is 2. The highest BCUT2D eigenvalue weighted by atomic mass is 79.9. The van der Waals surface area contributed by atoms with Crippen LogP contribution in [0.3, 0.4) is 0 Å². The average molecular weight is 342 g/mol. The predicted molar refractivity (Wildman–Crippen MR) is 82.9 cm³/mol. The first-order valence-electron chi connectivity index (χ1n) is 6.79. The highest BCUT2D eigenvalue weighted by Gasteiger charge is 2.22. The molecule has 0 bridgehead atoms. The van der Waals surface area contributed by atoms with E-state index in [2.05, 4.69) is 41.4 Å². The van der Waals surface area contributed by atoms with E-state index in [1.165, 1.54) is 0 Å². The van der Waals surface area contributed by atoms with Gasteiger partial charge in [-0.3, -0.25) is 4.79 Å². The van der Waals surface area contributed by atoms with Crippen LogP contribution >= 0.6 is 15.9 Å². The van der Waals surface area contributed by atoms with Crippen molar-refractivity contribution in [3.8, 4) is 0 Å². The Morgan fingerprint density at radius 3 is 2.75 bits per heavy atom. The van der Waals surface area contributed by atoms with Gasteiger partial charge in [0.25, 0.3) is 0 Å². The van der Waals surface area contributed by atoms with Crippen LogP contribution in [0.5, 0.6) is 0 Å². The molecule has 0 unspecified atom stereocenters. The third-order valence-corrected chi connectivity index (χ3v) is 4.29. The number of aromatic nitrogens is 2. The van der Waals surface area contributed by atoms with E-state index in [9.17, 15) is 4.79 Å². The molecule has 0 aromatic carbocycles. The van der Waals surface area contributed by atoms with E-state index < -0.39 is 0 Å². The fraction of sp³-hybridized carbons (Fsp3) is 0.615. The molecule has 1 aromatic rings. The quantitative estimate of drug-likeness (QED) is 0.871. The molecule has 1 saturated heterocycles. The van der Waals surface area contributed by atoms with Crippen molar-refractivity contribution in [2.24, 2.45) is 5.92 Å². The van der Waals surface area contributed by atoms with Gasteiger partial charge in [-0.2, -0.15) is 0 Å². The van der Waals surface area contributed by atoms with Gasteiger partial charge in [0.2, 0.25) is 5.91 Å². The van der Waals surface area contributed by atoms with Crippen LogP contribution in [-0.4, -0.2) is 42.6 Å². The van der Waals surface area contributed by atoms with E-state index in [1.54, 1.807) is 13.3 Å². The van der Waals surface area contributed by atoms with Gasteiger partial charge in [-0.25, -0.2) is 9.97 Å². The lowest BCUT2D eigenvalue weighted by molar-refractivity contribution is -0.119. The lowest BCUT2D eigenvalue weighted by Crippen LogP contribution is -2.38. The SMILES string of the molecule is CNc1ncnc(N2CCC(CNC(C)=O)CC2)c1Br. The number of nitrogens with zero attached hydrogens (tertiary/aromatic N) is 3. The molecule has 20 heavy (non-hydrogen) atoms. The third-order valence-electron chi connectivity index (χ3n) is 3.56. The number of nitrogens with one attached hydrogen (secondary N) is 2. The number of halogens is 1. The summed E-state index contributed by atoms with van der Waals surface area (Å²) in [6.07, 6.45) is 3.70. The maximum Gasteiger partial charge on any atom is 0.216 e. The number of hydrogen-bond acceptors (Lipinski definition) is 5. The first-order chi connectivity index (χ1) is 9.61. The topological polar surface area (TPSA) is 70.2 Å². The largest absolute Gasteiger partial charge is 0.372 e. The van der Waals surface area contributed by atoms with Crippen LogP contribution in [0, 0.1) is 5.92 Å². The summed E-state index contributed by atoms with van der Waals surface area (Å²) in [7, 11) is 1.84. The van der Waals surface area contributed by atoms with Crippen LogP contribution in [0.2, 0.25) is 0 Å². The Hall–Kier alpha value is -1.37. The molecule has 110 valence electrons. The van der Waals surface area contributed by atoms with E-state index in [4.69, 9.17) is 0 Å². The van der Waals surface area contributed by atoms with Gasteiger partial charge in [-0.15, -0.1) is 0 Å². The summed E-state index contributed by atoms with van der Waals surface area (Å²) in [5.41, 5.74) is 0. The molecule has 7 heteroatoms. The first kappa shape index (κ1) is 15.0. The predicted octanol–water partition coefficient (Wildman–Crippen LogP) is 1.63. The van der Waals surface area contributed by atoms with Crippen LogP contribution in [-0.2, 0) is 4.79 Å². The second-order valence-corrected chi connectivity index (χ2v) is 5.77. The summed E-state index contributed by atoms with van der Waals surface area (Å²) >= 11 is 3.56. The lowest BCUT2D eigenvalue weighted by Gasteiger charge is -2.33. The zero-order valence-electron chi connectivity index (χ0n) is 11.8. The van der Waals surface area contributed by atoms with Crippen molar-refractivity contribution < 1.29 is 4.79 Å². The number of amides is 1. The second-order valence-electron chi connectivity index (χ2n) is 4.98. The fourth-order valence-corrected chi connectivity index (χ4v) is 3.05. The van der Waals surface area contributed by atoms with Crippen LogP contribution in [0.1, 0.15) is 19.8 Å². The molecule has 0 spiro atoms. The van der Waals surface area contributed by atoms with Gasteiger partial charge in [-0.1, -0.05) is 0 Å². The minimum atomic E-state index is 0.0460. The molecule has 2 N–H and O–H groups in total. The molecule has 6 nitrogen and oxygen atoms in total. The summed E-state index contributed by atoms with van der Waals surface area (Å²) < 4.78 is 0.905. The van der Waals surface area contributed by atoms with Crippen LogP contribution in [0.4, 0.5) is 11.6 Å². The molecule has 0 saturated carbocycles. The Balaban J connectivity index is 1.95. The van der Waals surface area contributed by atoms with Crippen molar-refractivity contribution >= 4 is 33.5 Å². The second kappa shape index (κ2) is 6.88. The molecular weight excluding hydrogens is 322 g/mol. The van der Waals surface area contributed by atoms with E-state index in [0.717, 1.165) is 48.6 Å². The molecule has 0 atom stereocenters. The smallest absolute Gasteiger partial charge is 0.216 e. The van der Waals surface area contributed by atoms with Gasteiger partial charge in [0.15, 0.2) is 0 Å². The van der Waals surface area contributed by atoms with Crippen molar-refractivity contribution in [1.29, 1.82) is 0 Å². The highest BCUT2D eigenvalue weighted by molar-refractivity contribution is 9.10. The summed E-state index contributed by atoms with van der Waals surface area (Å²) in [6.45, 7) is 4.23. The number of rotatable bonds is 4. The monoisotopic (exact) mass is 341 g/mol. The number of piperidine rings is 1. The highest BCUT2D eigenvalue weighted by Crippen LogP contribution is 2.31. The normalized spacial score (nSPS) is 16.1. The molecule has 1 aromatic heterocycles. The van der Waals surface area contributed by atoms with Gasteiger partial charge in [0.05, 0.1) is 0 Å². The Morgan fingerprint density at radius 2 is 2.15 bits per heavy atom. The zero-order valence-corrected chi connectivity index (χ0v) is 13.4. The summed E-state index contributed by atoms with van der Waals surface area (Å²) in [5, 5.41) is 5.94. The Bertz CT molecular complexity index is 474. The molecular formula is C13H20BrN5O. The average Bonchev–Trinajstić information content (AvgIpc) is 2.46. The van der Waals surface area contributed by atoms with Crippen molar-refractivity contribution in [3.63, 3.8) is 0 Å². The molecule has 2 heterocycles. The standard InChI is InChI=1S/C13H20BrN5O/c1-9(20)16-7-10-3-5-19(6-4-10)13-11(14)12(15-2)17-8-18-13/h8,10H,3-7H2,1-2H3,(H,16,20)(H,15,17,18). The van der Waals surface area contributed by atoms with Crippen molar-refractivity contribution in [2.45, 2.75) is 19.8 Å². The van der Waals surface area contributed by atoms with Crippen LogP contribution in [0.15, 0.2) is 10.8 Å². The zero-order chi connectivity index (χ0) is 14.5. The molecule has 0 radical (unpaired) electrons. The van der Waals surface area contributed by atoms with Gasteiger partial charge < -0.3 is 15.5 Å². The molecule has 1 aliphatic rings. The number of carbonyl (C=O) groups is 1. The van der Waals surface area contributed by atoms with Gasteiger partial charge in [0, 0.05) is 33.6 Å². The number of carbonyl (C=O) groups excluding carboxylic acids is 1.